The van der Waals surface area contributed by atoms with Crippen molar-refractivity contribution in [2.45, 2.75) is 19.4 Å². The van der Waals surface area contributed by atoms with Crippen molar-refractivity contribution < 1.29 is 4.74 Å². The Labute approximate surface area is 115 Å². The molecule has 0 amide bonds. The standard InChI is InChI=1S/C17H21NO/c1-4-5-10-18-13(2)14-6-7-16-12-17(19-3)9-8-15(16)11-14/h4,6-9,11-13,18H,1,5,10H2,2-3H3. The van der Waals surface area contributed by atoms with Crippen molar-refractivity contribution in [2.24, 2.45) is 0 Å². The highest BCUT2D eigenvalue weighted by atomic mass is 16.5. The summed E-state index contributed by atoms with van der Waals surface area (Å²) in [6.45, 7) is 6.89. The third kappa shape index (κ3) is 3.36. The lowest BCUT2D eigenvalue weighted by Crippen LogP contribution is -2.19. The summed E-state index contributed by atoms with van der Waals surface area (Å²) in [6.07, 6.45) is 2.93. The molecule has 1 N–H and O–H groups in total. The molecular weight excluding hydrogens is 234 g/mol. The van der Waals surface area contributed by atoms with Crippen LogP contribution in [0.15, 0.2) is 49.1 Å². The molecule has 0 saturated heterocycles. The van der Waals surface area contributed by atoms with Gasteiger partial charge in [-0.2, -0.15) is 0 Å². The van der Waals surface area contributed by atoms with Crippen molar-refractivity contribution >= 4 is 10.8 Å². The van der Waals surface area contributed by atoms with Gasteiger partial charge >= 0.3 is 0 Å². The maximum absolute atomic E-state index is 5.24. The number of ether oxygens (including phenoxy) is 1. The quantitative estimate of drug-likeness (QED) is 0.620. The molecule has 1 unspecified atom stereocenters. The van der Waals surface area contributed by atoms with Crippen LogP contribution < -0.4 is 10.1 Å². The van der Waals surface area contributed by atoms with E-state index in [0.717, 1.165) is 18.7 Å². The van der Waals surface area contributed by atoms with Crippen LogP contribution >= 0.6 is 0 Å². The number of nitrogens with one attached hydrogen (secondary N) is 1. The van der Waals surface area contributed by atoms with Crippen LogP contribution in [0.5, 0.6) is 5.75 Å². The van der Waals surface area contributed by atoms with Crippen LogP contribution in [0.2, 0.25) is 0 Å². The summed E-state index contributed by atoms with van der Waals surface area (Å²) in [7, 11) is 1.70. The minimum Gasteiger partial charge on any atom is -0.497 e. The van der Waals surface area contributed by atoms with E-state index < -0.39 is 0 Å². The molecule has 0 saturated carbocycles. The minimum atomic E-state index is 0.353. The van der Waals surface area contributed by atoms with E-state index in [0.29, 0.717) is 6.04 Å². The van der Waals surface area contributed by atoms with Crippen LogP contribution in [-0.4, -0.2) is 13.7 Å². The van der Waals surface area contributed by atoms with Crippen LogP contribution in [0.1, 0.15) is 24.9 Å². The van der Waals surface area contributed by atoms with E-state index >= 15 is 0 Å². The molecule has 2 aromatic rings. The number of fused-ring (bicyclic) bond motifs is 1. The first-order valence-electron chi connectivity index (χ1n) is 6.66. The van der Waals surface area contributed by atoms with Gasteiger partial charge in [0.25, 0.3) is 0 Å². The molecule has 2 aromatic carbocycles. The summed E-state index contributed by atoms with van der Waals surface area (Å²) in [5, 5.41) is 5.95. The smallest absolute Gasteiger partial charge is 0.119 e. The van der Waals surface area contributed by atoms with E-state index in [2.05, 4.69) is 49.2 Å². The molecule has 0 fully saturated rings. The van der Waals surface area contributed by atoms with Crippen molar-refractivity contribution in [3.05, 3.63) is 54.6 Å². The second-order valence-corrected chi connectivity index (χ2v) is 4.73. The van der Waals surface area contributed by atoms with E-state index in [1.54, 1.807) is 7.11 Å². The fourth-order valence-electron chi connectivity index (χ4n) is 2.16. The predicted octanol–water partition coefficient (Wildman–Crippen LogP) is 4.08. The molecular formula is C17H21NO. The van der Waals surface area contributed by atoms with E-state index in [-0.39, 0.29) is 0 Å². The minimum absolute atomic E-state index is 0.353. The van der Waals surface area contributed by atoms with Gasteiger partial charge in [-0.25, -0.2) is 0 Å². The molecule has 2 rings (SSSR count). The van der Waals surface area contributed by atoms with Crippen LogP contribution in [-0.2, 0) is 0 Å². The summed E-state index contributed by atoms with van der Waals surface area (Å²) in [4.78, 5) is 0. The third-order valence-electron chi connectivity index (χ3n) is 3.37. The predicted molar refractivity (Wildman–Crippen MR) is 81.7 cm³/mol. The molecule has 0 aliphatic heterocycles. The highest BCUT2D eigenvalue weighted by Crippen LogP contribution is 2.24. The van der Waals surface area contributed by atoms with Gasteiger partial charge in [-0.05, 0) is 54.4 Å². The first-order valence-corrected chi connectivity index (χ1v) is 6.66. The lowest BCUT2D eigenvalue weighted by molar-refractivity contribution is 0.415. The number of rotatable bonds is 6. The molecule has 1 atom stereocenters. The third-order valence-corrected chi connectivity index (χ3v) is 3.37. The fourth-order valence-corrected chi connectivity index (χ4v) is 2.16. The van der Waals surface area contributed by atoms with E-state index in [1.807, 2.05) is 12.1 Å². The molecule has 2 nitrogen and oxygen atoms in total. The molecule has 0 aliphatic carbocycles. The fraction of sp³-hybridized carbons (Fsp3) is 0.294. The van der Waals surface area contributed by atoms with E-state index in [4.69, 9.17) is 4.74 Å². The largest absolute Gasteiger partial charge is 0.497 e. The molecule has 0 spiro atoms. The Morgan fingerprint density at radius 1 is 1.21 bits per heavy atom. The summed E-state index contributed by atoms with van der Waals surface area (Å²) in [5.74, 6) is 0.900. The number of hydrogen-bond acceptors (Lipinski definition) is 2. The van der Waals surface area contributed by atoms with Crippen molar-refractivity contribution in [1.82, 2.24) is 5.32 Å². The molecule has 2 heteroatoms. The van der Waals surface area contributed by atoms with Gasteiger partial charge in [-0.1, -0.05) is 24.3 Å². The maximum Gasteiger partial charge on any atom is 0.119 e. The van der Waals surface area contributed by atoms with Gasteiger partial charge in [0.15, 0.2) is 0 Å². The summed E-state index contributed by atoms with van der Waals surface area (Å²) < 4.78 is 5.24. The lowest BCUT2D eigenvalue weighted by Gasteiger charge is -2.14. The summed E-state index contributed by atoms with van der Waals surface area (Å²) in [5.41, 5.74) is 1.31. The highest BCUT2D eigenvalue weighted by molar-refractivity contribution is 5.84. The van der Waals surface area contributed by atoms with Gasteiger partial charge in [0.05, 0.1) is 7.11 Å². The number of hydrogen-bond donors (Lipinski definition) is 1. The molecule has 19 heavy (non-hydrogen) atoms. The van der Waals surface area contributed by atoms with Gasteiger partial charge in [-0.3, -0.25) is 0 Å². The SMILES string of the molecule is C=CCCNC(C)c1ccc2cc(OC)ccc2c1. The Hall–Kier alpha value is -1.80. The Bertz CT molecular complexity index is 562. The topological polar surface area (TPSA) is 21.3 Å². The van der Waals surface area contributed by atoms with Gasteiger partial charge in [0, 0.05) is 6.04 Å². The highest BCUT2D eigenvalue weighted by Gasteiger charge is 2.05. The van der Waals surface area contributed by atoms with Gasteiger partial charge in [0.1, 0.15) is 5.75 Å². The van der Waals surface area contributed by atoms with Crippen molar-refractivity contribution in [3.63, 3.8) is 0 Å². The monoisotopic (exact) mass is 255 g/mol. The average Bonchev–Trinajstić information content (AvgIpc) is 2.46. The molecule has 0 aromatic heterocycles. The first kappa shape index (κ1) is 13.6. The second-order valence-electron chi connectivity index (χ2n) is 4.73. The molecule has 0 aliphatic rings. The zero-order valence-electron chi connectivity index (χ0n) is 11.6. The van der Waals surface area contributed by atoms with Crippen LogP contribution in [0.25, 0.3) is 10.8 Å². The van der Waals surface area contributed by atoms with E-state index in [9.17, 15) is 0 Å². The summed E-state index contributed by atoms with van der Waals surface area (Å²) in [6, 6.07) is 13.1. The molecule has 100 valence electrons. The van der Waals surface area contributed by atoms with Crippen LogP contribution in [0, 0.1) is 0 Å². The van der Waals surface area contributed by atoms with Gasteiger partial charge < -0.3 is 10.1 Å². The lowest BCUT2D eigenvalue weighted by atomic mass is 10.0. The zero-order chi connectivity index (χ0) is 13.7. The maximum atomic E-state index is 5.24. The van der Waals surface area contributed by atoms with Crippen LogP contribution in [0.3, 0.4) is 0 Å². The van der Waals surface area contributed by atoms with Gasteiger partial charge in [-0.15, -0.1) is 6.58 Å². The molecule has 0 radical (unpaired) electrons. The van der Waals surface area contributed by atoms with Gasteiger partial charge in [0.2, 0.25) is 0 Å². The Morgan fingerprint density at radius 3 is 2.68 bits per heavy atom. The normalized spacial score (nSPS) is 12.3. The van der Waals surface area contributed by atoms with Crippen molar-refractivity contribution in [1.29, 1.82) is 0 Å². The summed E-state index contributed by atoms with van der Waals surface area (Å²) >= 11 is 0. The second kappa shape index (κ2) is 6.39. The van der Waals surface area contributed by atoms with Crippen molar-refractivity contribution in [2.75, 3.05) is 13.7 Å². The van der Waals surface area contributed by atoms with E-state index in [1.165, 1.54) is 16.3 Å². The Balaban J connectivity index is 2.18. The number of methoxy groups -OCH3 is 1. The Kier molecular flexibility index (Phi) is 4.58. The zero-order valence-corrected chi connectivity index (χ0v) is 11.6. The first-order chi connectivity index (χ1) is 9.24. The molecule has 0 bridgehead atoms. The van der Waals surface area contributed by atoms with Crippen LogP contribution in [0.4, 0.5) is 0 Å². The molecule has 0 heterocycles. The number of benzene rings is 2. The van der Waals surface area contributed by atoms with Crippen molar-refractivity contribution in [3.8, 4) is 5.75 Å². The average molecular weight is 255 g/mol. The Morgan fingerprint density at radius 2 is 1.95 bits per heavy atom.